The lowest BCUT2D eigenvalue weighted by Crippen LogP contribution is -2.49. The van der Waals surface area contributed by atoms with Crippen LogP contribution in [-0.2, 0) is 26.2 Å². The van der Waals surface area contributed by atoms with Gasteiger partial charge in [-0.3, -0.25) is 13.9 Å². The second kappa shape index (κ2) is 12.8. The van der Waals surface area contributed by atoms with E-state index >= 15 is 0 Å². The Labute approximate surface area is 212 Å². The summed E-state index contributed by atoms with van der Waals surface area (Å²) >= 11 is 0. The zero-order valence-corrected chi connectivity index (χ0v) is 22.2. The Bertz CT molecular complexity index is 1170. The summed E-state index contributed by atoms with van der Waals surface area (Å²) in [5, 5.41) is 2.90. The number of hydrogen-bond acceptors (Lipinski definition) is 4. The maximum atomic E-state index is 13.7. The first kappa shape index (κ1) is 29.2. The minimum absolute atomic E-state index is 0.0260. The predicted molar refractivity (Wildman–Crippen MR) is 137 cm³/mol. The molecule has 0 aromatic heterocycles. The smallest absolute Gasteiger partial charge is 0.242 e. The normalized spacial score (nSPS) is 13.1. The van der Waals surface area contributed by atoms with Crippen molar-refractivity contribution in [1.29, 1.82) is 0 Å². The molecular formula is C26H35F2N3O4S. The fourth-order valence-corrected chi connectivity index (χ4v) is 4.62. The molecule has 0 saturated heterocycles. The van der Waals surface area contributed by atoms with Crippen LogP contribution >= 0.6 is 0 Å². The number of rotatable bonds is 12. The number of nitrogens with zero attached hydrogens (tertiary/aromatic N) is 2. The van der Waals surface area contributed by atoms with E-state index in [9.17, 15) is 26.8 Å². The van der Waals surface area contributed by atoms with Gasteiger partial charge in [0.05, 0.1) is 11.9 Å². The van der Waals surface area contributed by atoms with E-state index in [1.54, 1.807) is 6.92 Å². The summed E-state index contributed by atoms with van der Waals surface area (Å²) in [6.45, 7) is 7.54. The molecule has 7 nitrogen and oxygen atoms in total. The summed E-state index contributed by atoms with van der Waals surface area (Å²) in [7, 11) is -3.81. The molecule has 2 aromatic rings. The SMILES string of the molecule is CC[C@@H](C)NC(=O)[C@H](C)N(Cc1ccccc1C)C(=O)CCCN(c1ccc(F)c(F)c1)S(C)(=O)=O. The molecule has 36 heavy (non-hydrogen) atoms. The Morgan fingerprint density at radius 1 is 1.06 bits per heavy atom. The molecule has 0 aliphatic carbocycles. The number of anilines is 1. The van der Waals surface area contributed by atoms with Crippen molar-refractivity contribution in [3.05, 3.63) is 65.2 Å². The summed E-state index contributed by atoms with van der Waals surface area (Å²) in [5.41, 5.74) is 1.85. The van der Waals surface area contributed by atoms with Crippen LogP contribution < -0.4 is 9.62 Å². The predicted octanol–water partition coefficient (Wildman–Crippen LogP) is 4.15. The van der Waals surface area contributed by atoms with Gasteiger partial charge in [0.15, 0.2) is 11.6 Å². The first-order valence-electron chi connectivity index (χ1n) is 11.9. The molecule has 0 bridgehead atoms. The van der Waals surface area contributed by atoms with Crippen molar-refractivity contribution in [3.63, 3.8) is 0 Å². The van der Waals surface area contributed by atoms with Crippen LogP contribution in [0.15, 0.2) is 42.5 Å². The van der Waals surface area contributed by atoms with Crippen LogP contribution in [0.5, 0.6) is 0 Å². The monoisotopic (exact) mass is 523 g/mol. The van der Waals surface area contributed by atoms with E-state index < -0.39 is 27.7 Å². The van der Waals surface area contributed by atoms with E-state index in [0.29, 0.717) is 0 Å². The molecule has 0 saturated carbocycles. The molecule has 0 heterocycles. The van der Waals surface area contributed by atoms with Gasteiger partial charge in [-0.2, -0.15) is 0 Å². The number of hydrogen-bond donors (Lipinski definition) is 1. The molecule has 198 valence electrons. The van der Waals surface area contributed by atoms with E-state index in [2.05, 4.69) is 5.32 Å². The third kappa shape index (κ3) is 8.01. The highest BCUT2D eigenvalue weighted by Gasteiger charge is 2.27. The van der Waals surface area contributed by atoms with Crippen LogP contribution in [0.25, 0.3) is 0 Å². The van der Waals surface area contributed by atoms with E-state index in [1.807, 2.05) is 45.0 Å². The van der Waals surface area contributed by atoms with Crippen molar-refractivity contribution in [2.75, 3.05) is 17.1 Å². The fourth-order valence-electron chi connectivity index (χ4n) is 3.66. The first-order chi connectivity index (χ1) is 16.8. The number of aryl methyl sites for hydroxylation is 1. The molecule has 2 atom stereocenters. The van der Waals surface area contributed by atoms with E-state index in [1.165, 1.54) is 11.0 Å². The van der Waals surface area contributed by atoms with Crippen LogP contribution in [0.4, 0.5) is 14.5 Å². The summed E-state index contributed by atoms with van der Waals surface area (Å²) in [6.07, 6.45) is 1.79. The largest absolute Gasteiger partial charge is 0.352 e. The molecule has 0 aliphatic heterocycles. The van der Waals surface area contributed by atoms with Crippen LogP contribution in [0.1, 0.15) is 51.2 Å². The van der Waals surface area contributed by atoms with Crippen LogP contribution in [0.3, 0.4) is 0 Å². The standard InChI is InChI=1S/C26H35F2N3O4S/c1-6-19(3)29-26(33)20(4)30(17-21-11-8-7-10-18(21)2)25(32)12-9-15-31(36(5,34)35)22-13-14-23(27)24(28)16-22/h7-8,10-11,13-14,16,19-20H,6,9,12,15,17H2,1-5H3,(H,29,33)/t19-,20+/m1/s1. The van der Waals surface area contributed by atoms with Gasteiger partial charge in [-0.1, -0.05) is 31.2 Å². The van der Waals surface area contributed by atoms with Crippen LogP contribution in [-0.4, -0.2) is 50.0 Å². The van der Waals surface area contributed by atoms with E-state index in [-0.39, 0.29) is 49.5 Å². The van der Waals surface area contributed by atoms with Crippen molar-refractivity contribution >= 4 is 27.5 Å². The minimum Gasteiger partial charge on any atom is -0.352 e. The highest BCUT2D eigenvalue weighted by atomic mass is 32.2. The molecule has 0 fully saturated rings. The van der Waals surface area contributed by atoms with Gasteiger partial charge in [0.1, 0.15) is 6.04 Å². The van der Waals surface area contributed by atoms with E-state index in [0.717, 1.165) is 40.2 Å². The van der Waals surface area contributed by atoms with Crippen molar-refractivity contribution in [2.24, 2.45) is 0 Å². The number of nitrogens with one attached hydrogen (secondary N) is 1. The van der Waals surface area contributed by atoms with Crippen molar-refractivity contribution in [3.8, 4) is 0 Å². The molecule has 0 unspecified atom stereocenters. The number of benzene rings is 2. The maximum absolute atomic E-state index is 13.7. The Balaban J connectivity index is 2.20. The summed E-state index contributed by atoms with van der Waals surface area (Å²) in [4.78, 5) is 27.6. The van der Waals surface area contributed by atoms with Crippen molar-refractivity contribution in [1.82, 2.24) is 10.2 Å². The lowest BCUT2D eigenvalue weighted by molar-refractivity contribution is -0.140. The van der Waals surface area contributed by atoms with Gasteiger partial charge in [0.25, 0.3) is 0 Å². The van der Waals surface area contributed by atoms with Gasteiger partial charge < -0.3 is 10.2 Å². The number of carbonyl (C=O) groups excluding carboxylic acids is 2. The van der Waals surface area contributed by atoms with Gasteiger partial charge >= 0.3 is 0 Å². The number of amides is 2. The lowest BCUT2D eigenvalue weighted by Gasteiger charge is -2.30. The van der Waals surface area contributed by atoms with Crippen molar-refractivity contribution in [2.45, 2.75) is 65.6 Å². The van der Waals surface area contributed by atoms with Crippen molar-refractivity contribution < 1.29 is 26.8 Å². The molecular weight excluding hydrogens is 488 g/mol. The molecule has 10 heteroatoms. The Hall–Kier alpha value is -3.01. The second-order valence-corrected chi connectivity index (χ2v) is 10.9. The fraction of sp³-hybridized carbons (Fsp3) is 0.462. The zero-order valence-electron chi connectivity index (χ0n) is 21.4. The summed E-state index contributed by atoms with van der Waals surface area (Å²) in [5.74, 6) is -2.84. The molecule has 2 amide bonds. The number of sulfonamides is 1. The first-order valence-corrected chi connectivity index (χ1v) is 13.8. The third-order valence-electron chi connectivity index (χ3n) is 6.11. The highest BCUT2D eigenvalue weighted by Crippen LogP contribution is 2.22. The van der Waals surface area contributed by atoms with Crippen LogP contribution in [0.2, 0.25) is 0 Å². The topological polar surface area (TPSA) is 86.8 Å². The Morgan fingerprint density at radius 3 is 2.31 bits per heavy atom. The summed E-state index contributed by atoms with van der Waals surface area (Å²) < 4.78 is 52.6. The van der Waals surface area contributed by atoms with Crippen LogP contribution in [0, 0.1) is 18.6 Å². The molecule has 2 aromatic carbocycles. The molecule has 0 radical (unpaired) electrons. The molecule has 2 rings (SSSR count). The quantitative estimate of drug-likeness (QED) is 0.453. The van der Waals surface area contributed by atoms with Gasteiger partial charge in [-0.15, -0.1) is 0 Å². The van der Waals surface area contributed by atoms with Gasteiger partial charge in [-0.25, -0.2) is 17.2 Å². The highest BCUT2D eigenvalue weighted by molar-refractivity contribution is 7.92. The average molecular weight is 524 g/mol. The average Bonchev–Trinajstić information content (AvgIpc) is 2.81. The Morgan fingerprint density at radius 2 is 1.72 bits per heavy atom. The van der Waals surface area contributed by atoms with Gasteiger partial charge in [0.2, 0.25) is 21.8 Å². The molecule has 1 N–H and O–H groups in total. The number of halogens is 2. The third-order valence-corrected chi connectivity index (χ3v) is 7.31. The second-order valence-electron chi connectivity index (χ2n) is 8.98. The van der Waals surface area contributed by atoms with E-state index in [4.69, 9.17) is 0 Å². The van der Waals surface area contributed by atoms with Gasteiger partial charge in [-0.05, 0) is 56.9 Å². The zero-order chi connectivity index (χ0) is 27.0. The van der Waals surface area contributed by atoms with Gasteiger partial charge in [0, 0.05) is 31.6 Å². The Kier molecular flexibility index (Phi) is 10.4. The molecule has 0 spiro atoms. The summed E-state index contributed by atoms with van der Waals surface area (Å²) in [6, 6.07) is 9.62. The lowest BCUT2D eigenvalue weighted by atomic mass is 10.1. The molecule has 0 aliphatic rings. The maximum Gasteiger partial charge on any atom is 0.242 e. The minimum atomic E-state index is -3.81. The number of carbonyl (C=O) groups is 2.